The first-order valence-corrected chi connectivity index (χ1v) is 6.39. The van der Waals surface area contributed by atoms with Crippen molar-refractivity contribution in [1.29, 1.82) is 0 Å². The standard InChI is InChI=1S/C14H18O6/c1-3-5-11(14(17)18)20-10-7-6-9(13(15)16)8-12(10)19-4-2/h6-8,11H,3-5H2,1-2H3,(H,15,16)(H,17,18). The van der Waals surface area contributed by atoms with Crippen molar-refractivity contribution in [2.24, 2.45) is 0 Å². The van der Waals surface area contributed by atoms with E-state index in [2.05, 4.69) is 0 Å². The van der Waals surface area contributed by atoms with Gasteiger partial charge in [-0.3, -0.25) is 0 Å². The summed E-state index contributed by atoms with van der Waals surface area (Å²) in [5.41, 5.74) is 0.0585. The average Bonchev–Trinajstić information content (AvgIpc) is 2.39. The second kappa shape index (κ2) is 7.37. The number of hydrogen-bond acceptors (Lipinski definition) is 4. The molecule has 1 atom stereocenters. The van der Waals surface area contributed by atoms with E-state index in [1.807, 2.05) is 6.92 Å². The summed E-state index contributed by atoms with van der Waals surface area (Å²) in [7, 11) is 0. The van der Waals surface area contributed by atoms with Gasteiger partial charge < -0.3 is 19.7 Å². The van der Waals surface area contributed by atoms with Crippen LogP contribution in [0.1, 0.15) is 37.0 Å². The summed E-state index contributed by atoms with van der Waals surface area (Å²) in [4.78, 5) is 22.0. The molecule has 6 heteroatoms. The second-order valence-corrected chi connectivity index (χ2v) is 4.13. The molecule has 0 aromatic heterocycles. The Morgan fingerprint density at radius 1 is 1.20 bits per heavy atom. The van der Waals surface area contributed by atoms with Crippen LogP contribution in [0.5, 0.6) is 11.5 Å². The van der Waals surface area contributed by atoms with E-state index in [-0.39, 0.29) is 17.1 Å². The highest BCUT2D eigenvalue weighted by Crippen LogP contribution is 2.30. The highest BCUT2D eigenvalue weighted by molar-refractivity contribution is 5.88. The van der Waals surface area contributed by atoms with Crippen molar-refractivity contribution in [2.45, 2.75) is 32.8 Å². The lowest BCUT2D eigenvalue weighted by Crippen LogP contribution is -2.27. The van der Waals surface area contributed by atoms with Crippen molar-refractivity contribution in [2.75, 3.05) is 6.61 Å². The van der Waals surface area contributed by atoms with Gasteiger partial charge in [0.2, 0.25) is 0 Å². The molecular weight excluding hydrogens is 264 g/mol. The number of rotatable bonds is 8. The van der Waals surface area contributed by atoms with Crippen molar-refractivity contribution in [3.63, 3.8) is 0 Å². The Bertz CT molecular complexity index is 483. The quantitative estimate of drug-likeness (QED) is 0.760. The van der Waals surface area contributed by atoms with Crippen LogP contribution in [0.4, 0.5) is 0 Å². The van der Waals surface area contributed by atoms with E-state index >= 15 is 0 Å². The number of aromatic carboxylic acids is 1. The minimum Gasteiger partial charge on any atom is -0.490 e. The van der Waals surface area contributed by atoms with Crippen molar-refractivity contribution < 1.29 is 29.3 Å². The van der Waals surface area contributed by atoms with Crippen LogP contribution in [-0.4, -0.2) is 34.9 Å². The predicted molar refractivity (Wildman–Crippen MR) is 71.5 cm³/mol. The first-order valence-electron chi connectivity index (χ1n) is 6.39. The van der Waals surface area contributed by atoms with Gasteiger partial charge in [-0.25, -0.2) is 9.59 Å². The van der Waals surface area contributed by atoms with E-state index in [0.717, 1.165) is 0 Å². The molecule has 0 spiro atoms. The fourth-order valence-electron chi connectivity index (χ4n) is 1.66. The van der Waals surface area contributed by atoms with Gasteiger partial charge in [-0.15, -0.1) is 0 Å². The summed E-state index contributed by atoms with van der Waals surface area (Å²) >= 11 is 0. The summed E-state index contributed by atoms with van der Waals surface area (Å²) in [5, 5.41) is 18.0. The molecule has 2 N–H and O–H groups in total. The van der Waals surface area contributed by atoms with Crippen LogP contribution in [0.25, 0.3) is 0 Å². The highest BCUT2D eigenvalue weighted by Gasteiger charge is 2.21. The predicted octanol–water partition coefficient (Wildman–Crippen LogP) is 2.42. The van der Waals surface area contributed by atoms with Crippen molar-refractivity contribution >= 4 is 11.9 Å². The molecule has 0 saturated heterocycles. The molecule has 1 aromatic carbocycles. The van der Waals surface area contributed by atoms with Crippen molar-refractivity contribution in [3.8, 4) is 11.5 Å². The number of carbonyl (C=O) groups is 2. The molecule has 0 radical (unpaired) electrons. The number of aliphatic carboxylic acids is 1. The molecule has 1 aromatic rings. The maximum Gasteiger partial charge on any atom is 0.344 e. The van der Waals surface area contributed by atoms with E-state index in [1.165, 1.54) is 18.2 Å². The Labute approximate surface area is 116 Å². The molecule has 110 valence electrons. The number of carboxylic acids is 2. The molecule has 0 aliphatic carbocycles. The lowest BCUT2D eigenvalue weighted by atomic mass is 10.2. The molecule has 0 fully saturated rings. The third kappa shape index (κ3) is 4.15. The van der Waals surface area contributed by atoms with Crippen LogP contribution in [0.2, 0.25) is 0 Å². The SMILES string of the molecule is CCCC(Oc1ccc(C(=O)O)cc1OCC)C(=O)O. The van der Waals surface area contributed by atoms with E-state index in [9.17, 15) is 9.59 Å². The number of ether oxygens (including phenoxy) is 2. The van der Waals surface area contributed by atoms with E-state index in [0.29, 0.717) is 19.4 Å². The van der Waals surface area contributed by atoms with Gasteiger partial charge in [0.25, 0.3) is 0 Å². The largest absolute Gasteiger partial charge is 0.490 e. The van der Waals surface area contributed by atoms with Gasteiger partial charge in [-0.2, -0.15) is 0 Å². The van der Waals surface area contributed by atoms with Crippen molar-refractivity contribution in [1.82, 2.24) is 0 Å². The van der Waals surface area contributed by atoms with Crippen molar-refractivity contribution in [3.05, 3.63) is 23.8 Å². The number of hydrogen-bond donors (Lipinski definition) is 2. The Balaban J connectivity index is 3.03. The Morgan fingerprint density at radius 3 is 2.40 bits per heavy atom. The van der Waals surface area contributed by atoms with E-state index in [1.54, 1.807) is 6.92 Å². The van der Waals surface area contributed by atoms with E-state index in [4.69, 9.17) is 19.7 Å². The lowest BCUT2D eigenvalue weighted by molar-refractivity contribution is -0.145. The van der Waals surface area contributed by atoms with Crippen LogP contribution >= 0.6 is 0 Å². The molecule has 0 saturated carbocycles. The van der Waals surface area contributed by atoms with E-state index < -0.39 is 18.0 Å². The summed E-state index contributed by atoms with van der Waals surface area (Å²) in [5.74, 6) is -1.68. The Kier molecular flexibility index (Phi) is 5.83. The normalized spacial score (nSPS) is 11.7. The zero-order valence-corrected chi connectivity index (χ0v) is 11.5. The summed E-state index contributed by atoms with van der Waals surface area (Å²) < 4.78 is 10.7. The number of benzene rings is 1. The molecule has 0 aliphatic heterocycles. The van der Waals surface area contributed by atoms with Gasteiger partial charge in [-0.1, -0.05) is 13.3 Å². The first kappa shape index (κ1) is 15.8. The average molecular weight is 282 g/mol. The highest BCUT2D eigenvalue weighted by atomic mass is 16.5. The maximum absolute atomic E-state index is 11.1. The minimum absolute atomic E-state index is 0.0585. The number of carboxylic acid groups (broad SMARTS) is 2. The summed E-state index contributed by atoms with van der Waals surface area (Å²) in [6.07, 6.45) is 0.0466. The molecule has 0 aliphatic rings. The maximum atomic E-state index is 11.1. The van der Waals surface area contributed by atoms with Crippen LogP contribution in [0, 0.1) is 0 Å². The zero-order chi connectivity index (χ0) is 15.1. The summed E-state index contributed by atoms with van der Waals surface area (Å²) in [6, 6.07) is 4.09. The molecule has 1 rings (SSSR count). The minimum atomic E-state index is -1.08. The molecule has 1 unspecified atom stereocenters. The Hall–Kier alpha value is -2.24. The van der Waals surface area contributed by atoms with Gasteiger partial charge >= 0.3 is 11.9 Å². The lowest BCUT2D eigenvalue weighted by Gasteiger charge is -2.17. The molecule has 20 heavy (non-hydrogen) atoms. The molecule has 0 bridgehead atoms. The Morgan fingerprint density at radius 2 is 1.90 bits per heavy atom. The van der Waals surface area contributed by atoms with Gasteiger partial charge in [0.15, 0.2) is 17.6 Å². The third-order valence-corrected chi connectivity index (χ3v) is 2.59. The van der Waals surface area contributed by atoms with Gasteiger partial charge in [0.05, 0.1) is 12.2 Å². The third-order valence-electron chi connectivity index (χ3n) is 2.59. The molecule has 0 heterocycles. The zero-order valence-electron chi connectivity index (χ0n) is 11.5. The summed E-state index contributed by atoms with van der Waals surface area (Å²) in [6.45, 7) is 3.93. The van der Waals surface area contributed by atoms with Crippen LogP contribution in [0.3, 0.4) is 0 Å². The van der Waals surface area contributed by atoms with Gasteiger partial charge in [0.1, 0.15) is 0 Å². The molecule has 6 nitrogen and oxygen atoms in total. The molecule has 0 amide bonds. The van der Waals surface area contributed by atoms with Gasteiger partial charge in [0, 0.05) is 0 Å². The van der Waals surface area contributed by atoms with Crippen LogP contribution in [0.15, 0.2) is 18.2 Å². The first-order chi connectivity index (χ1) is 9.49. The fraction of sp³-hybridized carbons (Fsp3) is 0.429. The smallest absolute Gasteiger partial charge is 0.344 e. The second-order valence-electron chi connectivity index (χ2n) is 4.13. The van der Waals surface area contributed by atoms with Crippen LogP contribution in [-0.2, 0) is 4.79 Å². The van der Waals surface area contributed by atoms with Gasteiger partial charge in [-0.05, 0) is 31.5 Å². The monoisotopic (exact) mass is 282 g/mol. The molecular formula is C14H18O6. The fourth-order valence-corrected chi connectivity index (χ4v) is 1.66. The topological polar surface area (TPSA) is 93.1 Å². The van der Waals surface area contributed by atoms with Crippen LogP contribution < -0.4 is 9.47 Å².